The molecule has 0 aliphatic carbocycles. The van der Waals surface area contributed by atoms with Crippen LogP contribution >= 0.6 is 12.2 Å². The minimum Gasteiger partial charge on any atom is -0.490 e. The lowest BCUT2D eigenvalue weighted by Gasteiger charge is -2.13. The van der Waals surface area contributed by atoms with Gasteiger partial charge in [-0.2, -0.15) is 5.10 Å². The molecule has 0 aromatic heterocycles. The lowest BCUT2D eigenvalue weighted by atomic mass is 10.2. The van der Waals surface area contributed by atoms with Gasteiger partial charge >= 0.3 is 0 Å². The number of hydrazone groups is 1. The molecule has 0 spiro atoms. The molecule has 0 aliphatic heterocycles. The van der Waals surface area contributed by atoms with Crippen molar-refractivity contribution >= 4 is 23.5 Å². The monoisotopic (exact) mass is 375 g/mol. The number of nitrogens with zero attached hydrogens (tertiary/aromatic N) is 1. The molecule has 0 amide bonds. The molecule has 0 radical (unpaired) electrons. The van der Waals surface area contributed by atoms with Gasteiger partial charge < -0.3 is 14.8 Å². The Bertz CT molecular complexity index is 768. The quantitative estimate of drug-likeness (QED) is 0.419. The van der Waals surface area contributed by atoms with Gasteiger partial charge in [0.15, 0.2) is 16.6 Å². The fourth-order valence-electron chi connectivity index (χ4n) is 2.13. The van der Waals surface area contributed by atoms with Crippen LogP contribution in [0, 0.1) is 5.82 Å². The first-order valence-electron chi connectivity index (χ1n) is 8.34. The topological polar surface area (TPSA) is 54.9 Å². The van der Waals surface area contributed by atoms with Crippen LogP contribution in [0.5, 0.6) is 11.5 Å². The molecule has 0 fully saturated rings. The minimum atomic E-state index is -0.294. The average molecular weight is 375 g/mol. The van der Waals surface area contributed by atoms with Crippen molar-refractivity contribution in [3.05, 3.63) is 59.4 Å². The van der Waals surface area contributed by atoms with Crippen LogP contribution in [0.3, 0.4) is 0 Å². The van der Waals surface area contributed by atoms with E-state index < -0.39 is 0 Å². The van der Waals surface area contributed by atoms with Gasteiger partial charge in [-0.05, 0) is 55.9 Å². The average Bonchev–Trinajstić information content (AvgIpc) is 2.63. The molecule has 0 unspecified atom stereocenters. The molecule has 2 aromatic carbocycles. The highest BCUT2D eigenvalue weighted by Gasteiger charge is 2.08. The van der Waals surface area contributed by atoms with E-state index in [1.54, 1.807) is 30.5 Å². The third-order valence-electron chi connectivity index (χ3n) is 3.33. The van der Waals surface area contributed by atoms with E-state index in [4.69, 9.17) is 21.7 Å². The van der Waals surface area contributed by atoms with E-state index >= 15 is 0 Å². The second-order valence-corrected chi connectivity index (χ2v) is 5.66. The number of nitrogens with one attached hydrogen (secondary N) is 2. The Hall–Kier alpha value is -2.67. The largest absolute Gasteiger partial charge is 0.490 e. The van der Waals surface area contributed by atoms with Crippen LogP contribution in [0.15, 0.2) is 47.6 Å². The van der Waals surface area contributed by atoms with E-state index in [-0.39, 0.29) is 12.4 Å². The summed E-state index contributed by atoms with van der Waals surface area (Å²) >= 11 is 5.04. The summed E-state index contributed by atoms with van der Waals surface area (Å²) in [6.45, 7) is 5.17. The number of rotatable bonds is 8. The number of hydrogen-bond acceptors (Lipinski definition) is 4. The molecule has 138 valence electrons. The van der Waals surface area contributed by atoms with E-state index in [0.29, 0.717) is 28.8 Å². The summed E-state index contributed by atoms with van der Waals surface area (Å²) in [4.78, 5) is 0. The molecular formula is C19H22FN3O2S. The smallest absolute Gasteiger partial charge is 0.186 e. The van der Waals surface area contributed by atoms with E-state index in [9.17, 15) is 4.39 Å². The normalized spacial score (nSPS) is 10.6. The SMILES string of the molecule is CCNC(=S)NN=Cc1ccc(OCc2ccccc2F)c(OCC)c1. The Kier molecular flexibility index (Phi) is 7.82. The lowest BCUT2D eigenvalue weighted by Crippen LogP contribution is -2.31. The molecule has 0 bridgehead atoms. The maximum atomic E-state index is 13.7. The summed E-state index contributed by atoms with van der Waals surface area (Å²) in [6, 6.07) is 11.9. The minimum absolute atomic E-state index is 0.124. The van der Waals surface area contributed by atoms with Crippen LogP contribution in [0.25, 0.3) is 0 Å². The standard InChI is InChI=1S/C19H22FN3O2S/c1-3-21-19(26)23-22-12-14-9-10-17(18(11-14)24-4-2)25-13-15-7-5-6-8-16(15)20/h5-12H,3-4,13H2,1-2H3,(H2,21,23,26). The molecule has 0 aliphatic rings. The summed E-state index contributed by atoms with van der Waals surface area (Å²) in [5.74, 6) is 0.822. The van der Waals surface area contributed by atoms with E-state index in [2.05, 4.69) is 15.8 Å². The van der Waals surface area contributed by atoms with Crippen molar-refractivity contribution in [3.8, 4) is 11.5 Å². The molecule has 2 rings (SSSR count). The molecule has 2 N–H and O–H groups in total. The Morgan fingerprint density at radius 3 is 2.69 bits per heavy atom. The van der Waals surface area contributed by atoms with Gasteiger partial charge in [0, 0.05) is 12.1 Å². The Balaban J connectivity index is 2.06. The molecular weight excluding hydrogens is 353 g/mol. The molecule has 0 saturated carbocycles. The van der Waals surface area contributed by atoms with Crippen LogP contribution in [-0.4, -0.2) is 24.5 Å². The highest BCUT2D eigenvalue weighted by Crippen LogP contribution is 2.29. The number of ether oxygens (including phenoxy) is 2. The van der Waals surface area contributed by atoms with Gasteiger partial charge in [-0.15, -0.1) is 0 Å². The third kappa shape index (κ3) is 6.00. The Labute approximate surface area is 158 Å². The Morgan fingerprint density at radius 1 is 1.15 bits per heavy atom. The molecule has 0 saturated heterocycles. The fourth-order valence-corrected chi connectivity index (χ4v) is 2.33. The number of thiocarbonyl (C=S) groups is 1. The fraction of sp³-hybridized carbons (Fsp3) is 0.263. The predicted octanol–water partition coefficient (Wildman–Crippen LogP) is 3.62. The maximum absolute atomic E-state index is 13.7. The van der Waals surface area contributed by atoms with Crippen molar-refractivity contribution in [1.82, 2.24) is 10.7 Å². The zero-order valence-electron chi connectivity index (χ0n) is 14.8. The van der Waals surface area contributed by atoms with Crippen LogP contribution in [0.1, 0.15) is 25.0 Å². The molecule has 5 nitrogen and oxygen atoms in total. The van der Waals surface area contributed by atoms with Crippen molar-refractivity contribution in [2.45, 2.75) is 20.5 Å². The summed E-state index contributed by atoms with van der Waals surface area (Å²) < 4.78 is 25.1. The second-order valence-electron chi connectivity index (χ2n) is 5.25. The van der Waals surface area contributed by atoms with Crippen molar-refractivity contribution in [3.63, 3.8) is 0 Å². The number of benzene rings is 2. The Morgan fingerprint density at radius 2 is 1.96 bits per heavy atom. The molecule has 0 heterocycles. The van der Waals surface area contributed by atoms with Crippen molar-refractivity contribution in [2.75, 3.05) is 13.2 Å². The summed E-state index contributed by atoms with van der Waals surface area (Å²) in [5, 5.41) is 7.47. The summed E-state index contributed by atoms with van der Waals surface area (Å²) in [7, 11) is 0. The van der Waals surface area contributed by atoms with Gasteiger partial charge in [0.25, 0.3) is 0 Å². The van der Waals surface area contributed by atoms with Gasteiger partial charge in [-0.25, -0.2) is 4.39 Å². The van der Waals surface area contributed by atoms with Gasteiger partial charge in [-0.3, -0.25) is 5.43 Å². The predicted molar refractivity (Wildman–Crippen MR) is 105 cm³/mol. The van der Waals surface area contributed by atoms with Crippen LogP contribution in [-0.2, 0) is 6.61 Å². The first kappa shape index (κ1) is 19.7. The third-order valence-corrected chi connectivity index (χ3v) is 3.56. The van der Waals surface area contributed by atoms with Gasteiger partial charge in [0.2, 0.25) is 0 Å². The van der Waals surface area contributed by atoms with Crippen LogP contribution in [0.2, 0.25) is 0 Å². The number of halogens is 1. The highest BCUT2D eigenvalue weighted by molar-refractivity contribution is 7.80. The first-order valence-corrected chi connectivity index (χ1v) is 8.74. The summed E-state index contributed by atoms with van der Waals surface area (Å²) in [5.41, 5.74) is 4.03. The second kappa shape index (κ2) is 10.4. The van der Waals surface area contributed by atoms with E-state index in [1.165, 1.54) is 6.07 Å². The maximum Gasteiger partial charge on any atom is 0.186 e. The lowest BCUT2D eigenvalue weighted by molar-refractivity contribution is 0.266. The van der Waals surface area contributed by atoms with Crippen LogP contribution < -0.4 is 20.2 Å². The molecule has 0 atom stereocenters. The number of hydrogen-bond donors (Lipinski definition) is 2. The van der Waals surface area contributed by atoms with Crippen LogP contribution in [0.4, 0.5) is 4.39 Å². The molecule has 7 heteroatoms. The summed E-state index contributed by atoms with van der Waals surface area (Å²) in [6.07, 6.45) is 1.63. The van der Waals surface area contributed by atoms with E-state index in [0.717, 1.165) is 12.1 Å². The van der Waals surface area contributed by atoms with Crippen molar-refractivity contribution in [2.24, 2.45) is 5.10 Å². The van der Waals surface area contributed by atoms with Gasteiger partial charge in [0.1, 0.15) is 12.4 Å². The van der Waals surface area contributed by atoms with Crippen molar-refractivity contribution < 1.29 is 13.9 Å². The van der Waals surface area contributed by atoms with Gasteiger partial charge in [-0.1, -0.05) is 18.2 Å². The van der Waals surface area contributed by atoms with Crippen molar-refractivity contribution in [1.29, 1.82) is 0 Å². The van der Waals surface area contributed by atoms with Gasteiger partial charge in [0.05, 0.1) is 12.8 Å². The molecule has 26 heavy (non-hydrogen) atoms. The zero-order valence-corrected chi connectivity index (χ0v) is 15.6. The first-order chi connectivity index (χ1) is 12.6. The van der Waals surface area contributed by atoms with E-state index in [1.807, 2.05) is 26.0 Å². The zero-order chi connectivity index (χ0) is 18.8. The molecule has 2 aromatic rings. The highest BCUT2D eigenvalue weighted by atomic mass is 32.1.